The topological polar surface area (TPSA) is 17.1 Å². The van der Waals surface area contributed by atoms with Gasteiger partial charge >= 0.3 is 0 Å². The van der Waals surface area contributed by atoms with Crippen LogP contribution >= 0.6 is 0 Å². The molecule has 1 nitrogen and oxygen atoms in total. The first-order valence-corrected chi connectivity index (χ1v) is 6.42. The van der Waals surface area contributed by atoms with Gasteiger partial charge in [-0.15, -0.1) is 6.58 Å². The second-order valence-corrected chi connectivity index (χ2v) is 6.79. The lowest BCUT2D eigenvalue weighted by Crippen LogP contribution is -2.30. The number of carbonyl (C=O) groups is 1. The highest BCUT2D eigenvalue weighted by Gasteiger charge is 2.33. The van der Waals surface area contributed by atoms with Crippen LogP contribution in [-0.4, -0.2) is 5.78 Å². The van der Waals surface area contributed by atoms with Gasteiger partial charge in [0.15, 0.2) is 0 Å². The molecule has 0 N–H and O–H groups in total. The summed E-state index contributed by atoms with van der Waals surface area (Å²) in [7, 11) is 0. The lowest BCUT2D eigenvalue weighted by Gasteiger charge is -2.35. The molecular formula is C15H26O. The van der Waals surface area contributed by atoms with Crippen LogP contribution in [0.4, 0.5) is 0 Å². The highest BCUT2D eigenvalue weighted by molar-refractivity contribution is 5.82. The van der Waals surface area contributed by atoms with Gasteiger partial charge in [0.1, 0.15) is 5.78 Å². The highest BCUT2D eigenvalue weighted by atomic mass is 16.1. The Hall–Kier alpha value is -0.590. The smallest absolute Gasteiger partial charge is 0.136 e. The third kappa shape index (κ3) is 3.77. The van der Waals surface area contributed by atoms with Crippen LogP contribution in [0.25, 0.3) is 0 Å². The van der Waals surface area contributed by atoms with E-state index < -0.39 is 0 Å². The lowest BCUT2D eigenvalue weighted by molar-refractivity contribution is -0.126. The molecule has 1 rings (SSSR count). The van der Waals surface area contributed by atoms with Crippen molar-refractivity contribution in [2.45, 2.75) is 59.8 Å². The fourth-order valence-electron chi connectivity index (χ4n) is 2.64. The first kappa shape index (κ1) is 13.5. The maximum absolute atomic E-state index is 12.2. The molecule has 92 valence electrons. The molecule has 0 saturated heterocycles. The number of hydrogen-bond donors (Lipinski definition) is 0. The lowest BCUT2D eigenvalue weighted by atomic mass is 9.69. The molecule has 1 aliphatic carbocycles. The molecule has 0 aliphatic heterocycles. The summed E-state index contributed by atoms with van der Waals surface area (Å²) in [5.41, 5.74) is 0.315. The third-order valence-corrected chi connectivity index (χ3v) is 3.84. The van der Waals surface area contributed by atoms with Crippen molar-refractivity contribution in [1.82, 2.24) is 0 Å². The second kappa shape index (κ2) is 4.73. The van der Waals surface area contributed by atoms with Crippen molar-refractivity contribution in [2.24, 2.45) is 16.7 Å². The third-order valence-electron chi connectivity index (χ3n) is 3.84. The number of ketones is 1. The van der Waals surface area contributed by atoms with Crippen LogP contribution in [0.5, 0.6) is 0 Å². The van der Waals surface area contributed by atoms with E-state index in [9.17, 15) is 4.79 Å². The SMILES string of the molecule is C=CC(C)(C)CC(=O)C1CCCC(C)(C)C1. The van der Waals surface area contributed by atoms with Crippen LogP contribution in [0.3, 0.4) is 0 Å². The van der Waals surface area contributed by atoms with E-state index in [4.69, 9.17) is 0 Å². The molecule has 0 aromatic rings. The Labute approximate surface area is 100 Å². The van der Waals surface area contributed by atoms with Crippen molar-refractivity contribution in [2.75, 3.05) is 0 Å². The molecule has 0 spiro atoms. The van der Waals surface area contributed by atoms with E-state index in [1.807, 2.05) is 6.08 Å². The van der Waals surface area contributed by atoms with Gasteiger partial charge < -0.3 is 0 Å². The Balaban J connectivity index is 2.58. The minimum absolute atomic E-state index is 0.0430. The van der Waals surface area contributed by atoms with E-state index in [0.717, 1.165) is 12.8 Å². The van der Waals surface area contributed by atoms with Crippen LogP contribution in [-0.2, 0) is 4.79 Å². The zero-order chi connectivity index (χ0) is 12.4. The maximum Gasteiger partial charge on any atom is 0.136 e. The molecule has 0 bridgehead atoms. The summed E-state index contributed by atoms with van der Waals surface area (Å²) in [5.74, 6) is 0.737. The van der Waals surface area contributed by atoms with Crippen LogP contribution in [0.1, 0.15) is 59.8 Å². The summed E-state index contributed by atoms with van der Waals surface area (Å²) in [6.07, 6.45) is 7.18. The van der Waals surface area contributed by atoms with Crippen LogP contribution in [0.2, 0.25) is 0 Å². The van der Waals surface area contributed by atoms with Gasteiger partial charge in [0.25, 0.3) is 0 Å². The number of carbonyl (C=O) groups excluding carboxylic acids is 1. The molecule has 0 aromatic carbocycles. The number of hydrogen-bond acceptors (Lipinski definition) is 1. The van der Waals surface area contributed by atoms with Crippen LogP contribution < -0.4 is 0 Å². The minimum Gasteiger partial charge on any atom is -0.299 e. The Kier molecular flexibility index (Phi) is 3.98. The van der Waals surface area contributed by atoms with Gasteiger partial charge in [0.2, 0.25) is 0 Å². The maximum atomic E-state index is 12.2. The van der Waals surface area contributed by atoms with Gasteiger partial charge in [0, 0.05) is 12.3 Å². The molecule has 1 aliphatic rings. The van der Waals surface area contributed by atoms with Crippen LogP contribution in [0.15, 0.2) is 12.7 Å². The zero-order valence-corrected chi connectivity index (χ0v) is 11.3. The van der Waals surface area contributed by atoms with E-state index >= 15 is 0 Å². The van der Waals surface area contributed by atoms with Gasteiger partial charge in [-0.05, 0) is 30.1 Å². The monoisotopic (exact) mass is 222 g/mol. The molecule has 0 amide bonds. The Morgan fingerprint density at radius 2 is 2.12 bits per heavy atom. The van der Waals surface area contributed by atoms with Crippen molar-refractivity contribution < 1.29 is 4.79 Å². The molecule has 1 heteroatoms. The van der Waals surface area contributed by atoms with E-state index in [1.54, 1.807) is 0 Å². The number of rotatable bonds is 4. The van der Waals surface area contributed by atoms with Gasteiger partial charge in [-0.2, -0.15) is 0 Å². The van der Waals surface area contributed by atoms with Crippen molar-refractivity contribution in [3.05, 3.63) is 12.7 Å². The van der Waals surface area contributed by atoms with E-state index in [0.29, 0.717) is 23.5 Å². The number of allylic oxidation sites excluding steroid dienone is 1. The van der Waals surface area contributed by atoms with E-state index in [1.165, 1.54) is 12.8 Å². The van der Waals surface area contributed by atoms with Crippen molar-refractivity contribution in [3.63, 3.8) is 0 Å². The summed E-state index contributed by atoms with van der Waals surface area (Å²) in [6.45, 7) is 12.6. The summed E-state index contributed by atoms with van der Waals surface area (Å²) in [4.78, 5) is 12.2. The molecule has 16 heavy (non-hydrogen) atoms. The van der Waals surface area contributed by atoms with Gasteiger partial charge in [0.05, 0.1) is 0 Å². The summed E-state index contributed by atoms with van der Waals surface area (Å²) >= 11 is 0. The molecule has 1 unspecified atom stereocenters. The van der Waals surface area contributed by atoms with E-state index in [-0.39, 0.29) is 5.41 Å². The molecule has 1 saturated carbocycles. The predicted molar refractivity (Wildman–Crippen MR) is 69.3 cm³/mol. The van der Waals surface area contributed by atoms with Crippen molar-refractivity contribution in [3.8, 4) is 0 Å². The summed E-state index contributed by atoms with van der Waals surface area (Å²) < 4.78 is 0. The molecule has 1 fully saturated rings. The quantitative estimate of drug-likeness (QED) is 0.645. The zero-order valence-electron chi connectivity index (χ0n) is 11.3. The van der Waals surface area contributed by atoms with Gasteiger partial charge in [-0.25, -0.2) is 0 Å². The first-order chi connectivity index (χ1) is 7.26. The number of Topliss-reactive ketones (excluding diaryl/α,β-unsaturated/α-hetero) is 1. The average molecular weight is 222 g/mol. The summed E-state index contributed by atoms with van der Waals surface area (Å²) in [5, 5.41) is 0. The largest absolute Gasteiger partial charge is 0.299 e. The van der Waals surface area contributed by atoms with Gasteiger partial charge in [-0.3, -0.25) is 4.79 Å². The molecular weight excluding hydrogens is 196 g/mol. The Morgan fingerprint density at radius 1 is 1.50 bits per heavy atom. The van der Waals surface area contributed by atoms with E-state index in [2.05, 4.69) is 34.3 Å². The predicted octanol–water partition coefficient (Wildman–Crippen LogP) is 4.37. The van der Waals surface area contributed by atoms with Crippen LogP contribution in [0, 0.1) is 16.7 Å². The standard InChI is InChI=1S/C15H26O/c1-6-14(2,3)11-13(16)12-8-7-9-15(4,5)10-12/h6,12H,1,7-11H2,2-5H3. The molecule has 1 atom stereocenters. The first-order valence-electron chi connectivity index (χ1n) is 6.42. The highest BCUT2D eigenvalue weighted by Crippen LogP contribution is 2.40. The average Bonchev–Trinajstić information content (AvgIpc) is 2.15. The molecule has 0 radical (unpaired) electrons. The summed E-state index contributed by atoms with van der Waals surface area (Å²) in [6, 6.07) is 0. The fraction of sp³-hybridized carbons (Fsp3) is 0.800. The van der Waals surface area contributed by atoms with Gasteiger partial charge in [-0.1, -0.05) is 40.2 Å². The van der Waals surface area contributed by atoms with Crippen molar-refractivity contribution >= 4 is 5.78 Å². The second-order valence-electron chi connectivity index (χ2n) is 6.79. The Morgan fingerprint density at radius 3 is 2.62 bits per heavy atom. The molecule has 0 aromatic heterocycles. The fourth-order valence-corrected chi connectivity index (χ4v) is 2.64. The Bertz CT molecular complexity index is 273. The minimum atomic E-state index is -0.0430. The molecule has 0 heterocycles. The van der Waals surface area contributed by atoms with Crippen molar-refractivity contribution in [1.29, 1.82) is 0 Å². The normalized spacial score (nSPS) is 25.1.